The molecule has 0 radical (unpaired) electrons. The van der Waals surface area contributed by atoms with Crippen LogP contribution in [0.2, 0.25) is 10.0 Å². The number of aliphatic hydroxyl groups excluding tert-OH is 2. The van der Waals surface area contributed by atoms with Gasteiger partial charge in [-0.05, 0) is 78.9 Å². The van der Waals surface area contributed by atoms with Gasteiger partial charge in [-0.15, -0.1) is 0 Å². The van der Waals surface area contributed by atoms with Gasteiger partial charge in [0.15, 0.2) is 0 Å². The molecule has 1 atom stereocenters. The van der Waals surface area contributed by atoms with E-state index in [1.54, 1.807) is 45.4 Å². The number of nitrogens with one attached hydrogen (secondary N) is 2. The molecule has 0 spiro atoms. The van der Waals surface area contributed by atoms with E-state index in [4.69, 9.17) is 52.4 Å². The number of halogens is 2. The number of aliphatic hydroxyl groups is 2. The zero-order valence-electron chi connectivity index (χ0n) is 34.4. The minimum Gasteiger partial charge on any atom is -0.496 e. The van der Waals surface area contributed by atoms with Crippen LogP contribution in [0.15, 0.2) is 85.3 Å². The monoisotopic (exact) mass is 866 g/mol. The van der Waals surface area contributed by atoms with E-state index in [-0.39, 0.29) is 32.5 Å². The summed E-state index contributed by atoms with van der Waals surface area (Å²) in [5, 5.41) is 41.3. The molecule has 6 aromatic rings. The first-order valence-corrected chi connectivity index (χ1v) is 20.5. The number of methoxy groups -OCH3 is 1. The predicted molar refractivity (Wildman–Crippen MR) is 234 cm³/mol. The van der Waals surface area contributed by atoms with Gasteiger partial charge in [0.2, 0.25) is 0 Å². The summed E-state index contributed by atoms with van der Waals surface area (Å²) in [7, 11) is 1.60. The van der Waals surface area contributed by atoms with Crippen molar-refractivity contribution in [3.8, 4) is 34.4 Å². The van der Waals surface area contributed by atoms with Gasteiger partial charge < -0.3 is 34.5 Å². The Morgan fingerprint density at radius 1 is 0.869 bits per heavy atom. The van der Waals surface area contributed by atoms with E-state index in [9.17, 15) is 15.2 Å². The number of hydrogen-bond donors (Lipinski definition) is 4. The van der Waals surface area contributed by atoms with Crippen LogP contribution < -0.4 is 24.8 Å². The van der Waals surface area contributed by atoms with Gasteiger partial charge in [0.25, 0.3) is 0 Å². The first kappa shape index (κ1) is 44.8. The van der Waals surface area contributed by atoms with Crippen molar-refractivity contribution in [3.05, 3.63) is 134 Å². The number of nitriles is 1. The van der Waals surface area contributed by atoms with E-state index in [0.717, 1.165) is 44.3 Å². The fourth-order valence-electron chi connectivity index (χ4n) is 6.82. The Morgan fingerprint density at radius 3 is 2.38 bits per heavy atom. The Hall–Kier alpha value is -5.72. The summed E-state index contributed by atoms with van der Waals surface area (Å²) in [6, 6.07) is 22.2. The van der Waals surface area contributed by atoms with Gasteiger partial charge in [-0.3, -0.25) is 19.8 Å². The Kier molecular flexibility index (Phi) is 15.6. The van der Waals surface area contributed by atoms with Crippen molar-refractivity contribution in [2.75, 3.05) is 26.9 Å². The third-order valence-electron chi connectivity index (χ3n) is 9.97. The number of pyridine rings is 1. The molecule has 0 aliphatic rings. The summed E-state index contributed by atoms with van der Waals surface area (Å²) in [4.78, 5) is 16.8. The van der Waals surface area contributed by atoms with Crippen molar-refractivity contribution < 1.29 is 34.0 Å². The van der Waals surface area contributed by atoms with E-state index in [1.807, 2.05) is 47.3 Å². The lowest BCUT2D eigenvalue weighted by molar-refractivity contribution is -0.151. The molecular weight excluding hydrogens is 819 g/mol. The quantitative estimate of drug-likeness (QED) is 0.0447. The average molecular weight is 868 g/mol. The van der Waals surface area contributed by atoms with Crippen molar-refractivity contribution in [2.24, 2.45) is 0 Å². The van der Waals surface area contributed by atoms with Crippen LogP contribution in [0.1, 0.15) is 52.8 Å². The van der Waals surface area contributed by atoms with E-state index in [1.165, 1.54) is 6.20 Å². The number of carbonyl (C=O) groups is 1. The molecule has 2 aromatic heterocycles. The summed E-state index contributed by atoms with van der Waals surface area (Å²) in [5.74, 6) is 1.05. The topological polar surface area (TPSA) is 173 Å². The van der Waals surface area contributed by atoms with Gasteiger partial charge in [0.05, 0.1) is 55.3 Å². The van der Waals surface area contributed by atoms with Crippen molar-refractivity contribution >= 4 is 40.1 Å². The van der Waals surface area contributed by atoms with Crippen LogP contribution in [-0.2, 0) is 42.4 Å². The molecule has 4 aromatic carbocycles. The number of esters is 1. The molecule has 15 heteroatoms. The second-order valence-corrected chi connectivity index (χ2v) is 15.4. The molecule has 0 amide bonds. The van der Waals surface area contributed by atoms with E-state index >= 15 is 0 Å². The minimum absolute atomic E-state index is 0.0305. The zero-order valence-corrected chi connectivity index (χ0v) is 35.9. The number of rotatable bonds is 20. The lowest BCUT2D eigenvalue weighted by Crippen LogP contribution is -2.41. The number of fused-ring (bicyclic) bond motifs is 1. The Labute approximate surface area is 364 Å². The highest BCUT2D eigenvalue weighted by Gasteiger charge is 2.22. The first-order chi connectivity index (χ1) is 29.5. The summed E-state index contributed by atoms with van der Waals surface area (Å²) >= 11 is 13.6. The summed E-state index contributed by atoms with van der Waals surface area (Å²) < 4.78 is 25.4. The number of hydrogen-bond acceptors (Lipinski definition) is 12. The maximum Gasteiger partial charge on any atom is 0.325 e. The maximum absolute atomic E-state index is 12.6. The second kappa shape index (κ2) is 21.2. The molecule has 318 valence electrons. The smallest absolute Gasteiger partial charge is 0.325 e. The van der Waals surface area contributed by atoms with Crippen molar-refractivity contribution in [2.45, 2.75) is 65.8 Å². The number of carbonyl (C=O) groups excluding carboxylic acids is 1. The SMILES string of the molecule is COc1cc(OCc2cccc(-c3cccc4c3cnn4Cc3cc(OCc4cncc(C#N)c4)c(CNC(CO)C(=O)OC(C)C)cc3Cl)c2C)c(Cl)cc1CNCCO. The van der Waals surface area contributed by atoms with Crippen LogP contribution in [-0.4, -0.2) is 70.0 Å². The maximum atomic E-state index is 12.6. The summed E-state index contributed by atoms with van der Waals surface area (Å²) in [5.41, 5.74) is 8.29. The van der Waals surface area contributed by atoms with Gasteiger partial charge in [-0.2, -0.15) is 10.4 Å². The fourth-order valence-corrected chi connectivity index (χ4v) is 7.31. The molecule has 0 saturated carbocycles. The molecule has 0 aliphatic carbocycles. The highest BCUT2D eigenvalue weighted by molar-refractivity contribution is 6.32. The summed E-state index contributed by atoms with van der Waals surface area (Å²) in [6.45, 7) is 6.90. The fraction of sp³-hybridized carbons (Fsp3) is 0.304. The third kappa shape index (κ3) is 11.2. The van der Waals surface area contributed by atoms with Gasteiger partial charge in [-0.1, -0.05) is 53.5 Å². The zero-order chi connectivity index (χ0) is 43.5. The second-order valence-electron chi connectivity index (χ2n) is 14.5. The van der Waals surface area contributed by atoms with Crippen LogP contribution in [0.4, 0.5) is 0 Å². The Morgan fingerprint density at radius 2 is 1.62 bits per heavy atom. The molecular formula is C46H48Cl2N6O7. The molecule has 2 heterocycles. The van der Waals surface area contributed by atoms with E-state index in [2.05, 4.69) is 40.7 Å². The van der Waals surface area contributed by atoms with Crippen molar-refractivity contribution in [1.29, 1.82) is 5.26 Å². The average Bonchev–Trinajstić information content (AvgIpc) is 3.67. The van der Waals surface area contributed by atoms with Crippen LogP contribution in [0.5, 0.6) is 17.2 Å². The van der Waals surface area contributed by atoms with Gasteiger partial charge in [-0.25, -0.2) is 0 Å². The standard InChI is InChI=1S/C46H48Cl2N6O7/c1-28(2)61-46(57)41(25-56)52-22-34-14-39(47)35(16-44(34)59-26-31-13-30(18-49)19-51-20-31)24-54-42-10-6-9-37(38(42)23-53-54)36-8-5-7-32(29(36)3)27-60-45-17-43(58-4)33(15-40(45)48)21-50-11-12-55/h5-10,13-17,19-20,23,28,41,50,52,55-56H,11-12,21-22,24-27H2,1-4H3. The molecule has 6 rings (SSSR count). The van der Waals surface area contributed by atoms with E-state index < -0.39 is 18.6 Å². The number of ether oxygens (including phenoxy) is 4. The Balaban J connectivity index is 1.25. The molecule has 0 fully saturated rings. The third-order valence-corrected chi connectivity index (χ3v) is 10.6. The molecule has 0 aliphatic heterocycles. The van der Waals surface area contributed by atoms with Crippen LogP contribution in [0, 0.1) is 18.3 Å². The normalized spacial score (nSPS) is 11.7. The van der Waals surface area contributed by atoms with Crippen molar-refractivity contribution in [1.82, 2.24) is 25.4 Å². The summed E-state index contributed by atoms with van der Waals surface area (Å²) in [6.07, 6.45) is 4.61. The number of nitrogens with zero attached hydrogens (tertiary/aromatic N) is 4. The molecule has 13 nitrogen and oxygen atoms in total. The largest absolute Gasteiger partial charge is 0.496 e. The van der Waals surface area contributed by atoms with Crippen molar-refractivity contribution in [3.63, 3.8) is 0 Å². The van der Waals surface area contributed by atoms with Gasteiger partial charge >= 0.3 is 5.97 Å². The molecule has 0 saturated heterocycles. The Bertz CT molecular complexity index is 2520. The number of benzene rings is 4. The van der Waals surface area contributed by atoms with Crippen LogP contribution in [0.25, 0.3) is 22.0 Å². The van der Waals surface area contributed by atoms with Gasteiger partial charge in [0, 0.05) is 65.2 Å². The first-order valence-electron chi connectivity index (χ1n) is 19.7. The van der Waals surface area contributed by atoms with Crippen LogP contribution >= 0.6 is 23.2 Å². The lowest BCUT2D eigenvalue weighted by atomic mass is 9.94. The van der Waals surface area contributed by atoms with Gasteiger partial charge in [0.1, 0.15) is 42.6 Å². The van der Waals surface area contributed by atoms with Crippen LogP contribution in [0.3, 0.4) is 0 Å². The minimum atomic E-state index is -0.960. The molecule has 61 heavy (non-hydrogen) atoms. The van der Waals surface area contributed by atoms with E-state index in [0.29, 0.717) is 63.6 Å². The number of aromatic nitrogens is 3. The molecule has 0 bridgehead atoms. The molecule has 4 N–H and O–H groups in total. The predicted octanol–water partition coefficient (Wildman–Crippen LogP) is 7.28. The highest BCUT2D eigenvalue weighted by atomic mass is 35.5. The molecule has 1 unspecified atom stereocenters. The lowest BCUT2D eigenvalue weighted by Gasteiger charge is -2.19. The highest BCUT2D eigenvalue weighted by Crippen LogP contribution is 2.36.